The summed E-state index contributed by atoms with van der Waals surface area (Å²) in [6.45, 7) is 0. The first-order valence-electron chi connectivity index (χ1n) is 6.64. The number of hydrogen-bond acceptors (Lipinski definition) is 5. The van der Waals surface area contributed by atoms with Gasteiger partial charge in [-0.3, -0.25) is 0 Å². The summed E-state index contributed by atoms with van der Waals surface area (Å²) in [6, 6.07) is 2.21. The van der Waals surface area contributed by atoms with Crippen LogP contribution in [0.2, 0.25) is 5.02 Å². The molecule has 2 amide bonds. The summed E-state index contributed by atoms with van der Waals surface area (Å²) in [4.78, 5) is 19.6. The Hall–Kier alpha value is -2.75. The van der Waals surface area contributed by atoms with Crippen LogP contribution >= 0.6 is 11.6 Å². The zero-order valence-electron chi connectivity index (χ0n) is 12.9. The van der Waals surface area contributed by atoms with Crippen LogP contribution < -0.4 is 20.1 Å². The molecule has 0 bridgehead atoms. The van der Waals surface area contributed by atoms with Gasteiger partial charge in [0.1, 0.15) is 5.69 Å². The number of alkyl halides is 3. The number of amides is 2. The van der Waals surface area contributed by atoms with Gasteiger partial charge in [0.05, 0.1) is 31.0 Å². The molecule has 1 heterocycles. The summed E-state index contributed by atoms with van der Waals surface area (Å²) in [5, 5.41) is 4.15. The third-order valence-corrected chi connectivity index (χ3v) is 3.22. The highest BCUT2D eigenvalue weighted by molar-refractivity contribution is 6.31. The van der Waals surface area contributed by atoms with Crippen molar-refractivity contribution in [2.45, 2.75) is 6.18 Å². The number of nitrogens with zero attached hydrogens (tertiary/aromatic N) is 2. The van der Waals surface area contributed by atoms with Crippen molar-refractivity contribution in [2.75, 3.05) is 24.9 Å². The van der Waals surface area contributed by atoms with Gasteiger partial charge in [-0.25, -0.2) is 9.78 Å². The largest absolute Gasteiger partial charge is 0.479 e. The molecule has 0 atom stereocenters. The maximum atomic E-state index is 12.8. The topological polar surface area (TPSA) is 85.4 Å². The number of rotatable bonds is 4. The van der Waals surface area contributed by atoms with E-state index in [0.717, 1.165) is 12.1 Å². The maximum absolute atomic E-state index is 12.8. The van der Waals surface area contributed by atoms with Gasteiger partial charge in [0.2, 0.25) is 5.88 Å². The number of ether oxygens (including phenoxy) is 2. The lowest BCUT2D eigenvalue weighted by molar-refractivity contribution is -0.137. The molecule has 134 valence electrons. The van der Waals surface area contributed by atoms with Gasteiger partial charge < -0.3 is 20.1 Å². The minimum absolute atomic E-state index is 0.0223. The molecule has 2 rings (SSSR count). The minimum atomic E-state index is -4.64. The van der Waals surface area contributed by atoms with Crippen molar-refractivity contribution in [3.63, 3.8) is 0 Å². The van der Waals surface area contributed by atoms with Gasteiger partial charge >= 0.3 is 18.2 Å². The van der Waals surface area contributed by atoms with Crippen molar-refractivity contribution in [3.8, 4) is 11.9 Å². The first-order chi connectivity index (χ1) is 11.7. The van der Waals surface area contributed by atoms with E-state index in [0.29, 0.717) is 0 Å². The summed E-state index contributed by atoms with van der Waals surface area (Å²) < 4.78 is 48.3. The van der Waals surface area contributed by atoms with E-state index in [1.807, 2.05) is 0 Å². The molecule has 0 radical (unpaired) electrons. The molecule has 2 aromatic rings. The zero-order valence-corrected chi connectivity index (χ0v) is 13.7. The van der Waals surface area contributed by atoms with Crippen molar-refractivity contribution < 1.29 is 27.4 Å². The second-order valence-electron chi connectivity index (χ2n) is 4.55. The highest BCUT2D eigenvalue weighted by Crippen LogP contribution is 2.36. The number of anilines is 2. The summed E-state index contributed by atoms with van der Waals surface area (Å²) in [5.41, 5.74) is -1.05. The Bertz CT molecular complexity index is 786. The molecule has 0 saturated carbocycles. The van der Waals surface area contributed by atoms with Crippen LogP contribution in [0.25, 0.3) is 0 Å². The van der Waals surface area contributed by atoms with E-state index in [-0.39, 0.29) is 23.3 Å². The standard InChI is InChI=1S/C14H12ClF3N4O3/c1-24-11-10(6-19-13(22-11)25-2)21-12(23)20-7-3-4-9(15)8(5-7)14(16,17)18/h3-6H,1-2H3,(H2,20,21,23). The Morgan fingerprint density at radius 3 is 2.52 bits per heavy atom. The number of nitrogens with one attached hydrogen (secondary N) is 2. The molecule has 1 aromatic carbocycles. The van der Waals surface area contributed by atoms with Gasteiger partial charge in [-0.15, -0.1) is 0 Å². The Morgan fingerprint density at radius 1 is 1.20 bits per heavy atom. The quantitative estimate of drug-likeness (QED) is 0.847. The number of halogens is 4. The molecule has 25 heavy (non-hydrogen) atoms. The highest BCUT2D eigenvalue weighted by atomic mass is 35.5. The molecular weight excluding hydrogens is 365 g/mol. The molecule has 0 unspecified atom stereocenters. The van der Waals surface area contributed by atoms with E-state index >= 15 is 0 Å². The molecule has 1 aromatic heterocycles. The number of carbonyl (C=O) groups is 1. The van der Waals surface area contributed by atoms with Crippen LogP contribution in [-0.4, -0.2) is 30.2 Å². The Balaban J connectivity index is 2.16. The van der Waals surface area contributed by atoms with Crippen LogP contribution in [0.1, 0.15) is 5.56 Å². The Morgan fingerprint density at radius 2 is 1.92 bits per heavy atom. The number of aromatic nitrogens is 2. The number of benzene rings is 1. The van der Waals surface area contributed by atoms with Gasteiger partial charge in [0, 0.05) is 5.69 Å². The summed E-state index contributed by atoms with van der Waals surface area (Å²) in [5.74, 6) is 0.0223. The molecule has 0 spiro atoms. The number of carbonyl (C=O) groups excluding carboxylic acids is 1. The van der Waals surface area contributed by atoms with Gasteiger partial charge in [0.25, 0.3) is 0 Å². The SMILES string of the molecule is COc1ncc(NC(=O)Nc2ccc(Cl)c(C(F)(F)F)c2)c(OC)n1. The third-order valence-electron chi connectivity index (χ3n) is 2.89. The van der Waals surface area contributed by atoms with Gasteiger partial charge in [-0.2, -0.15) is 18.2 Å². The molecule has 11 heteroatoms. The van der Waals surface area contributed by atoms with Crippen molar-refractivity contribution in [3.05, 3.63) is 35.0 Å². The lowest BCUT2D eigenvalue weighted by Crippen LogP contribution is -2.20. The summed E-state index contributed by atoms with van der Waals surface area (Å²) in [7, 11) is 2.67. The predicted octanol–water partition coefficient (Wildman–Crippen LogP) is 3.81. The van der Waals surface area contributed by atoms with Gasteiger partial charge in [-0.05, 0) is 18.2 Å². The predicted molar refractivity (Wildman–Crippen MR) is 84.2 cm³/mol. The van der Waals surface area contributed by atoms with Crippen LogP contribution in [0.3, 0.4) is 0 Å². The van der Waals surface area contributed by atoms with Gasteiger partial charge in [-0.1, -0.05) is 11.6 Å². The zero-order chi connectivity index (χ0) is 18.6. The molecule has 0 saturated heterocycles. The van der Waals surface area contributed by atoms with E-state index in [9.17, 15) is 18.0 Å². The second-order valence-corrected chi connectivity index (χ2v) is 4.96. The van der Waals surface area contributed by atoms with E-state index in [1.165, 1.54) is 26.5 Å². The summed E-state index contributed by atoms with van der Waals surface area (Å²) in [6.07, 6.45) is -3.41. The minimum Gasteiger partial charge on any atom is -0.479 e. The fourth-order valence-corrected chi connectivity index (χ4v) is 2.02. The maximum Gasteiger partial charge on any atom is 0.417 e. The van der Waals surface area contributed by atoms with Crippen molar-refractivity contribution in [1.29, 1.82) is 0 Å². The smallest absolute Gasteiger partial charge is 0.417 e. The van der Waals surface area contributed by atoms with Crippen LogP contribution in [0.5, 0.6) is 11.9 Å². The van der Waals surface area contributed by atoms with E-state index in [2.05, 4.69) is 20.6 Å². The fraction of sp³-hybridized carbons (Fsp3) is 0.214. The number of hydrogen-bond donors (Lipinski definition) is 2. The third kappa shape index (κ3) is 4.63. The average molecular weight is 377 g/mol. The van der Waals surface area contributed by atoms with Crippen molar-refractivity contribution >= 4 is 29.0 Å². The summed E-state index contributed by atoms with van der Waals surface area (Å²) >= 11 is 5.52. The molecule has 0 aliphatic carbocycles. The van der Waals surface area contributed by atoms with Crippen LogP contribution in [-0.2, 0) is 6.18 Å². The normalized spacial score (nSPS) is 11.0. The van der Waals surface area contributed by atoms with Crippen molar-refractivity contribution in [1.82, 2.24) is 9.97 Å². The second kappa shape index (κ2) is 7.43. The molecule has 0 aliphatic heterocycles. The van der Waals surface area contributed by atoms with Gasteiger partial charge in [0.15, 0.2) is 0 Å². The lowest BCUT2D eigenvalue weighted by atomic mass is 10.2. The monoisotopic (exact) mass is 376 g/mol. The fourth-order valence-electron chi connectivity index (χ4n) is 1.80. The van der Waals surface area contributed by atoms with E-state index in [1.54, 1.807) is 0 Å². The van der Waals surface area contributed by atoms with E-state index < -0.39 is 22.8 Å². The van der Waals surface area contributed by atoms with Crippen LogP contribution in [0.15, 0.2) is 24.4 Å². The Labute approximate surface area is 145 Å². The molecule has 0 fully saturated rings. The van der Waals surface area contributed by atoms with E-state index in [4.69, 9.17) is 21.1 Å². The Kier molecular flexibility index (Phi) is 5.52. The molecular formula is C14H12ClF3N4O3. The number of urea groups is 1. The molecule has 7 nitrogen and oxygen atoms in total. The average Bonchev–Trinajstić information content (AvgIpc) is 2.56. The first kappa shape index (κ1) is 18.6. The molecule has 0 aliphatic rings. The first-order valence-corrected chi connectivity index (χ1v) is 7.02. The molecule has 2 N–H and O–H groups in total. The number of methoxy groups -OCH3 is 2. The highest BCUT2D eigenvalue weighted by Gasteiger charge is 2.33. The lowest BCUT2D eigenvalue weighted by Gasteiger charge is -2.13. The van der Waals surface area contributed by atoms with Crippen LogP contribution in [0.4, 0.5) is 29.3 Å². The van der Waals surface area contributed by atoms with Crippen molar-refractivity contribution in [2.24, 2.45) is 0 Å². The van der Waals surface area contributed by atoms with Crippen LogP contribution in [0, 0.1) is 0 Å².